The van der Waals surface area contributed by atoms with Crippen molar-refractivity contribution in [2.24, 2.45) is 5.41 Å². The Balaban J connectivity index is 2.22. The smallest absolute Gasteiger partial charge is 0.407 e. The van der Waals surface area contributed by atoms with Crippen LogP contribution in [0.1, 0.15) is 33.6 Å². The quantitative estimate of drug-likeness (QED) is 0.796. The van der Waals surface area contributed by atoms with Gasteiger partial charge in [0, 0.05) is 11.9 Å². The highest BCUT2D eigenvalue weighted by Gasteiger charge is 2.41. The molecule has 0 aromatic rings. The van der Waals surface area contributed by atoms with Crippen LogP contribution < -0.4 is 5.32 Å². The summed E-state index contributed by atoms with van der Waals surface area (Å²) in [4.78, 5) is 11.3. The predicted molar refractivity (Wildman–Crippen MR) is 59.7 cm³/mol. The molecule has 0 bridgehead atoms. The molecular weight excluding hydrogens is 246 g/mol. The van der Waals surface area contributed by atoms with Crippen molar-refractivity contribution in [3.05, 3.63) is 0 Å². The first kappa shape index (κ1) is 11.8. The number of carbonyl (C=O) groups excluding carboxylic acids is 1. The first-order valence-electron chi connectivity index (χ1n) is 4.90. The highest BCUT2D eigenvalue weighted by molar-refractivity contribution is 9.09. The van der Waals surface area contributed by atoms with E-state index >= 15 is 0 Å². The van der Waals surface area contributed by atoms with E-state index in [1.54, 1.807) is 0 Å². The number of rotatable bonds is 3. The fourth-order valence-corrected chi connectivity index (χ4v) is 1.87. The molecule has 0 unspecified atom stereocenters. The summed E-state index contributed by atoms with van der Waals surface area (Å²) in [5, 5.41) is 3.76. The Kier molecular flexibility index (Phi) is 3.45. The van der Waals surface area contributed by atoms with Crippen molar-refractivity contribution < 1.29 is 9.53 Å². The Morgan fingerprint density at radius 2 is 2.07 bits per heavy atom. The van der Waals surface area contributed by atoms with Crippen molar-refractivity contribution in [1.29, 1.82) is 0 Å². The Morgan fingerprint density at radius 3 is 2.43 bits per heavy atom. The maximum Gasteiger partial charge on any atom is 0.407 e. The average molecular weight is 264 g/mol. The lowest BCUT2D eigenvalue weighted by Gasteiger charge is -2.21. The van der Waals surface area contributed by atoms with Crippen LogP contribution in [0.15, 0.2) is 0 Å². The lowest BCUT2D eigenvalue weighted by Crippen LogP contribution is -2.36. The molecule has 0 aromatic heterocycles. The van der Waals surface area contributed by atoms with Gasteiger partial charge in [-0.25, -0.2) is 4.79 Å². The van der Waals surface area contributed by atoms with Gasteiger partial charge in [-0.15, -0.1) is 0 Å². The van der Waals surface area contributed by atoms with Crippen molar-refractivity contribution in [2.45, 2.75) is 39.2 Å². The minimum atomic E-state index is -0.408. The van der Waals surface area contributed by atoms with Crippen LogP contribution >= 0.6 is 15.9 Å². The van der Waals surface area contributed by atoms with E-state index < -0.39 is 5.60 Å². The van der Waals surface area contributed by atoms with Crippen LogP contribution in [0, 0.1) is 5.41 Å². The summed E-state index contributed by atoms with van der Waals surface area (Å²) < 4.78 is 5.14. The minimum absolute atomic E-state index is 0.302. The zero-order valence-corrected chi connectivity index (χ0v) is 10.6. The lowest BCUT2D eigenvalue weighted by molar-refractivity contribution is 0.0518. The molecule has 0 saturated heterocycles. The summed E-state index contributed by atoms with van der Waals surface area (Å²) in [6.45, 7) is 6.31. The maximum atomic E-state index is 11.3. The molecule has 1 fully saturated rings. The fraction of sp³-hybridized carbons (Fsp3) is 0.900. The number of carbonyl (C=O) groups is 1. The third-order valence-corrected chi connectivity index (χ3v) is 3.44. The first-order valence-corrected chi connectivity index (χ1v) is 6.02. The third kappa shape index (κ3) is 3.86. The lowest BCUT2D eigenvalue weighted by atomic mass is 10.1. The average Bonchev–Trinajstić information content (AvgIpc) is 2.78. The third-order valence-electron chi connectivity index (χ3n) is 2.25. The van der Waals surface area contributed by atoms with Gasteiger partial charge in [0.15, 0.2) is 0 Å². The van der Waals surface area contributed by atoms with E-state index in [0.717, 1.165) is 5.33 Å². The van der Waals surface area contributed by atoms with Gasteiger partial charge in [0.2, 0.25) is 0 Å². The number of nitrogens with one attached hydrogen (secondary N) is 1. The molecule has 1 aliphatic rings. The second-order valence-electron chi connectivity index (χ2n) is 4.99. The van der Waals surface area contributed by atoms with Crippen molar-refractivity contribution in [3.8, 4) is 0 Å². The zero-order valence-electron chi connectivity index (χ0n) is 9.02. The highest BCUT2D eigenvalue weighted by Crippen LogP contribution is 2.46. The van der Waals surface area contributed by atoms with E-state index in [1.165, 1.54) is 12.8 Å². The van der Waals surface area contributed by atoms with Gasteiger partial charge in [0.25, 0.3) is 0 Å². The van der Waals surface area contributed by atoms with Gasteiger partial charge in [-0.2, -0.15) is 0 Å². The fourth-order valence-electron chi connectivity index (χ4n) is 1.11. The van der Waals surface area contributed by atoms with Gasteiger partial charge in [-0.05, 0) is 39.0 Å². The molecule has 1 amide bonds. The molecular formula is C10H18BrNO2. The Bertz CT molecular complexity index is 219. The van der Waals surface area contributed by atoms with Gasteiger partial charge in [0.05, 0.1) is 0 Å². The number of halogens is 1. The number of hydrogen-bond acceptors (Lipinski definition) is 2. The van der Waals surface area contributed by atoms with Crippen LogP contribution in [0.25, 0.3) is 0 Å². The summed E-state index contributed by atoms with van der Waals surface area (Å²) in [5.74, 6) is 0. The number of alkyl carbamates (subject to hydrolysis) is 1. The number of hydrogen-bond donors (Lipinski definition) is 1. The van der Waals surface area contributed by atoms with Crippen LogP contribution in [0.5, 0.6) is 0 Å². The van der Waals surface area contributed by atoms with Crippen molar-refractivity contribution >= 4 is 22.0 Å². The van der Waals surface area contributed by atoms with Gasteiger partial charge in [-0.3, -0.25) is 0 Å². The van der Waals surface area contributed by atoms with Crippen LogP contribution in [0.2, 0.25) is 0 Å². The molecule has 0 aromatic carbocycles. The summed E-state index contributed by atoms with van der Waals surface area (Å²) in [7, 11) is 0. The molecule has 82 valence electrons. The molecule has 1 saturated carbocycles. The summed E-state index contributed by atoms with van der Waals surface area (Å²) >= 11 is 3.45. The summed E-state index contributed by atoms with van der Waals surface area (Å²) in [5.41, 5.74) is -0.105. The predicted octanol–water partition coefficient (Wildman–Crippen LogP) is 2.69. The molecule has 0 radical (unpaired) electrons. The monoisotopic (exact) mass is 263 g/mol. The zero-order chi connectivity index (χ0) is 10.8. The second kappa shape index (κ2) is 4.09. The SMILES string of the molecule is CC(C)(C)OC(=O)NCC1(CBr)CC1. The van der Waals surface area contributed by atoms with E-state index in [0.29, 0.717) is 12.0 Å². The maximum absolute atomic E-state index is 11.3. The van der Waals surface area contributed by atoms with Gasteiger partial charge >= 0.3 is 6.09 Å². The van der Waals surface area contributed by atoms with Crippen molar-refractivity contribution in [1.82, 2.24) is 5.32 Å². The van der Waals surface area contributed by atoms with Gasteiger partial charge in [0.1, 0.15) is 5.60 Å². The van der Waals surface area contributed by atoms with Crippen molar-refractivity contribution in [2.75, 3.05) is 11.9 Å². The number of ether oxygens (including phenoxy) is 1. The van der Waals surface area contributed by atoms with E-state index in [9.17, 15) is 4.79 Å². The van der Waals surface area contributed by atoms with E-state index in [-0.39, 0.29) is 6.09 Å². The van der Waals surface area contributed by atoms with E-state index in [2.05, 4.69) is 21.2 Å². The molecule has 1 aliphatic carbocycles. The Labute approximate surface area is 93.7 Å². The molecule has 0 heterocycles. The van der Waals surface area contributed by atoms with E-state index in [4.69, 9.17) is 4.74 Å². The van der Waals surface area contributed by atoms with Gasteiger partial charge in [-0.1, -0.05) is 15.9 Å². The molecule has 0 spiro atoms. The largest absolute Gasteiger partial charge is 0.444 e. The molecule has 1 N–H and O–H groups in total. The van der Waals surface area contributed by atoms with Crippen LogP contribution in [-0.2, 0) is 4.74 Å². The molecule has 1 rings (SSSR count). The molecule has 14 heavy (non-hydrogen) atoms. The summed E-state index contributed by atoms with van der Waals surface area (Å²) in [6.07, 6.45) is 2.06. The number of alkyl halides is 1. The second-order valence-corrected chi connectivity index (χ2v) is 5.55. The van der Waals surface area contributed by atoms with E-state index in [1.807, 2.05) is 20.8 Å². The normalized spacial score (nSPS) is 18.9. The molecule has 4 heteroatoms. The Hall–Kier alpha value is -0.250. The van der Waals surface area contributed by atoms with Crippen LogP contribution in [-0.4, -0.2) is 23.6 Å². The van der Waals surface area contributed by atoms with Crippen LogP contribution in [0.3, 0.4) is 0 Å². The molecule has 0 atom stereocenters. The standard InChI is InChI=1S/C10H18BrNO2/c1-9(2,3)14-8(13)12-7-10(6-11)4-5-10/h4-7H2,1-3H3,(H,12,13). The van der Waals surface area contributed by atoms with Gasteiger partial charge < -0.3 is 10.1 Å². The summed E-state index contributed by atoms with van der Waals surface area (Å²) in [6, 6.07) is 0. The van der Waals surface area contributed by atoms with Crippen molar-refractivity contribution in [3.63, 3.8) is 0 Å². The topological polar surface area (TPSA) is 38.3 Å². The van der Waals surface area contributed by atoms with Crippen LogP contribution in [0.4, 0.5) is 4.79 Å². The highest BCUT2D eigenvalue weighted by atomic mass is 79.9. The Morgan fingerprint density at radius 1 is 1.50 bits per heavy atom. The molecule has 3 nitrogen and oxygen atoms in total. The first-order chi connectivity index (χ1) is 6.37. The number of amides is 1. The minimum Gasteiger partial charge on any atom is -0.444 e. The molecule has 0 aliphatic heterocycles.